The Hall–Kier alpha value is -1.81. The van der Waals surface area contributed by atoms with E-state index < -0.39 is 11.9 Å². The van der Waals surface area contributed by atoms with Crippen LogP contribution in [0.1, 0.15) is 17.7 Å². The standard InChI is InChI=1S/C14H23F3N6O/c1-22-10-11(12(21-22)14(15,16)17)9-20-13(18)19-3-2-4-23-5-7-24-8-6-23/h10H,2-9H2,1H3,(H3,18,19,20). The normalized spacial score (nSPS) is 17.2. The van der Waals surface area contributed by atoms with E-state index in [1.165, 1.54) is 13.2 Å². The van der Waals surface area contributed by atoms with E-state index in [1.54, 1.807) is 0 Å². The smallest absolute Gasteiger partial charge is 0.379 e. The van der Waals surface area contributed by atoms with Crippen LogP contribution in [0.2, 0.25) is 0 Å². The average Bonchev–Trinajstić information content (AvgIpc) is 2.92. The Bertz CT molecular complexity index is 551. The van der Waals surface area contributed by atoms with Crippen molar-refractivity contribution < 1.29 is 17.9 Å². The number of aromatic nitrogens is 2. The quantitative estimate of drug-likeness (QED) is 0.446. The molecule has 0 atom stereocenters. The highest BCUT2D eigenvalue weighted by Crippen LogP contribution is 2.30. The molecular weight excluding hydrogens is 325 g/mol. The first-order chi connectivity index (χ1) is 11.4. The summed E-state index contributed by atoms with van der Waals surface area (Å²) in [5, 5.41) is 6.35. The highest BCUT2D eigenvalue weighted by molar-refractivity contribution is 5.77. The maximum atomic E-state index is 12.8. The maximum absolute atomic E-state index is 12.8. The number of aliphatic imine (C=N–C) groups is 1. The number of guanidine groups is 1. The third-order valence-electron chi connectivity index (χ3n) is 3.65. The van der Waals surface area contributed by atoms with Crippen LogP contribution in [-0.4, -0.2) is 60.0 Å². The van der Waals surface area contributed by atoms with Gasteiger partial charge >= 0.3 is 6.18 Å². The van der Waals surface area contributed by atoms with Gasteiger partial charge in [-0.1, -0.05) is 0 Å². The fourth-order valence-corrected chi connectivity index (χ4v) is 2.46. The van der Waals surface area contributed by atoms with Gasteiger partial charge < -0.3 is 15.8 Å². The molecule has 0 amide bonds. The van der Waals surface area contributed by atoms with Crippen molar-refractivity contribution in [2.45, 2.75) is 19.1 Å². The molecule has 136 valence electrons. The second kappa shape index (κ2) is 8.34. The lowest BCUT2D eigenvalue weighted by Gasteiger charge is -2.26. The lowest BCUT2D eigenvalue weighted by atomic mass is 10.2. The fourth-order valence-electron chi connectivity index (χ4n) is 2.46. The van der Waals surface area contributed by atoms with E-state index in [0.29, 0.717) is 6.54 Å². The molecule has 1 saturated heterocycles. The summed E-state index contributed by atoms with van der Waals surface area (Å²) in [5.41, 5.74) is 4.78. The molecule has 0 aromatic carbocycles. The van der Waals surface area contributed by atoms with Gasteiger partial charge in [-0.15, -0.1) is 0 Å². The van der Waals surface area contributed by atoms with Crippen molar-refractivity contribution in [2.24, 2.45) is 17.8 Å². The van der Waals surface area contributed by atoms with E-state index in [0.717, 1.165) is 44.0 Å². The molecule has 3 N–H and O–H groups in total. The first-order valence-electron chi connectivity index (χ1n) is 7.80. The Kier molecular flexibility index (Phi) is 6.44. The average molecular weight is 348 g/mol. The number of nitrogens with two attached hydrogens (primary N) is 1. The highest BCUT2D eigenvalue weighted by atomic mass is 19.4. The molecular formula is C14H23F3N6O. The molecule has 0 saturated carbocycles. The number of nitrogens with zero attached hydrogens (tertiary/aromatic N) is 4. The van der Waals surface area contributed by atoms with Crippen molar-refractivity contribution in [3.8, 4) is 0 Å². The summed E-state index contributed by atoms with van der Waals surface area (Å²) in [7, 11) is 1.44. The van der Waals surface area contributed by atoms with Crippen LogP contribution in [0.5, 0.6) is 0 Å². The number of ether oxygens (including phenoxy) is 1. The van der Waals surface area contributed by atoms with Crippen LogP contribution in [0.15, 0.2) is 11.2 Å². The van der Waals surface area contributed by atoms with Crippen LogP contribution >= 0.6 is 0 Å². The lowest BCUT2D eigenvalue weighted by Crippen LogP contribution is -2.39. The Labute approximate surface area is 138 Å². The number of morpholine rings is 1. The third-order valence-corrected chi connectivity index (χ3v) is 3.65. The number of alkyl halides is 3. The van der Waals surface area contributed by atoms with Gasteiger partial charge in [0.1, 0.15) is 0 Å². The van der Waals surface area contributed by atoms with Crippen molar-refractivity contribution in [3.63, 3.8) is 0 Å². The Balaban J connectivity index is 1.75. The number of halogens is 3. The molecule has 2 heterocycles. The minimum Gasteiger partial charge on any atom is -0.379 e. The van der Waals surface area contributed by atoms with Gasteiger partial charge in [0.2, 0.25) is 0 Å². The highest BCUT2D eigenvalue weighted by Gasteiger charge is 2.36. The van der Waals surface area contributed by atoms with Gasteiger partial charge in [-0.25, -0.2) is 4.99 Å². The zero-order chi connectivity index (χ0) is 17.6. The molecule has 1 aliphatic rings. The van der Waals surface area contributed by atoms with Crippen molar-refractivity contribution in [1.29, 1.82) is 0 Å². The zero-order valence-electron chi connectivity index (χ0n) is 13.6. The number of hydrogen-bond acceptors (Lipinski definition) is 4. The molecule has 1 aliphatic heterocycles. The van der Waals surface area contributed by atoms with Crippen LogP contribution in [0, 0.1) is 0 Å². The van der Waals surface area contributed by atoms with Crippen LogP contribution < -0.4 is 11.1 Å². The second-order valence-electron chi connectivity index (χ2n) is 5.61. The summed E-state index contributed by atoms with van der Waals surface area (Å²) < 4.78 is 44.9. The minimum atomic E-state index is -4.49. The summed E-state index contributed by atoms with van der Waals surface area (Å²) >= 11 is 0. The maximum Gasteiger partial charge on any atom is 0.435 e. The van der Waals surface area contributed by atoms with E-state index >= 15 is 0 Å². The topological polar surface area (TPSA) is 80.7 Å². The second-order valence-corrected chi connectivity index (χ2v) is 5.61. The molecule has 0 spiro atoms. The monoisotopic (exact) mass is 348 g/mol. The predicted octanol–water partition coefficient (Wildman–Crippen LogP) is 0.566. The van der Waals surface area contributed by atoms with Crippen molar-refractivity contribution in [2.75, 3.05) is 39.4 Å². The first-order valence-corrected chi connectivity index (χ1v) is 7.80. The van der Waals surface area contributed by atoms with Gasteiger partial charge in [-0.2, -0.15) is 18.3 Å². The number of rotatable bonds is 6. The van der Waals surface area contributed by atoms with Crippen LogP contribution in [0.3, 0.4) is 0 Å². The summed E-state index contributed by atoms with van der Waals surface area (Å²) in [6, 6.07) is 0. The molecule has 24 heavy (non-hydrogen) atoms. The Morgan fingerprint density at radius 2 is 2.12 bits per heavy atom. The molecule has 0 aliphatic carbocycles. The summed E-state index contributed by atoms with van der Waals surface area (Å²) in [6.07, 6.45) is -2.32. The van der Waals surface area contributed by atoms with Gasteiger partial charge in [-0.05, 0) is 13.0 Å². The van der Waals surface area contributed by atoms with Crippen LogP contribution in [-0.2, 0) is 24.5 Å². The summed E-state index contributed by atoms with van der Waals surface area (Å²) in [4.78, 5) is 6.26. The van der Waals surface area contributed by atoms with E-state index in [4.69, 9.17) is 10.5 Å². The fraction of sp³-hybridized carbons (Fsp3) is 0.714. The van der Waals surface area contributed by atoms with Gasteiger partial charge in [0.25, 0.3) is 0 Å². The Morgan fingerprint density at radius 3 is 2.79 bits per heavy atom. The van der Waals surface area contributed by atoms with Gasteiger partial charge in [-0.3, -0.25) is 9.58 Å². The molecule has 1 fully saturated rings. The molecule has 7 nitrogen and oxygen atoms in total. The molecule has 0 radical (unpaired) electrons. The third kappa shape index (κ3) is 5.68. The van der Waals surface area contributed by atoms with Gasteiger partial charge in [0.05, 0.1) is 19.8 Å². The Morgan fingerprint density at radius 1 is 1.42 bits per heavy atom. The molecule has 0 unspecified atom stereocenters. The predicted molar refractivity (Wildman–Crippen MR) is 83.4 cm³/mol. The molecule has 2 rings (SSSR count). The van der Waals surface area contributed by atoms with Gasteiger partial charge in [0, 0.05) is 38.4 Å². The van der Waals surface area contributed by atoms with Crippen LogP contribution in [0.4, 0.5) is 13.2 Å². The molecule has 0 bridgehead atoms. The lowest BCUT2D eigenvalue weighted by molar-refractivity contribution is -0.142. The SMILES string of the molecule is Cn1cc(CN=C(N)NCCCN2CCOCC2)c(C(F)(F)F)n1. The van der Waals surface area contributed by atoms with Crippen molar-refractivity contribution in [3.05, 3.63) is 17.5 Å². The van der Waals surface area contributed by atoms with Crippen molar-refractivity contribution in [1.82, 2.24) is 20.0 Å². The van der Waals surface area contributed by atoms with E-state index in [9.17, 15) is 13.2 Å². The van der Waals surface area contributed by atoms with E-state index in [2.05, 4.69) is 20.3 Å². The van der Waals surface area contributed by atoms with Crippen molar-refractivity contribution >= 4 is 5.96 Å². The zero-order valence-corrected chi connectivity index (χ0v) is 13.6. The van der Waals surface area contributed by atoms with E-state index in [-0.39, 0.29) is 18.1 Å². The van der Waals surface area contributed by atoms with E-state index in [1.807, 2.05) is 0 Å². The molecule has 10 heteroatoms. The number of aryl methyl sites for hydroxylation is 1. The number of nitrogens with one attached hydrogen (secondary N) is 1. The summed E-state index contributed by atoms with van der Waals surface area (Å²) in [5.74, 6) is 0.133. The largest absolute Gasteiger partial charge is 0.435 e. The molecule has 1 aromatic heterocycles. The summed E-state index contributed by atoms with van der Waals surface area (Å²) in [6.45, 7) is 4.73. The number of hydrogen-bond donors (Lipinski definition) is 2. The van der Waals surface area contributed by atoms with Gasteiger partial charge in [0.15, 0.2) is 11.7 Å². The minimum absolute atomic E-state index is 0.00284. The van der Waals surface area contributed by atoms with Crippen LogP contribution in [0.25, 0.3) is 0 Å². The first kappa shape index (κ1) is 18.5. The molecule has 1 aromatic rings.